The topological polar surface area (TPSA) is 93.7 Å². The molecular formula is C20H26N4O4S. The fourth-order valence-electron chi connectivity index (χ4n) is 3.37. The first-order chi connectivity index (χ1) is 14.0. The molecule has 1 aliphatic rings. The quantitative estimate of drug-likeness (QED) is 0.706. The van der Waals surface area contributed by atoms with Crippen LogP contribution in [0.5, 0.6) is 11.5 Å². The van der Waals surface area contributed by atoms with Crippen LogP contribution in [-0.2, 0) is 9.59 Å². The number of carbonyl (C=O) groups excluding carboxylic acids is 2. The molecular weight excluding hydrogens is 392 g/mol. The van der Waals surface area contributed by atoms with Gasteiger partial charge < -0.3 is 19.7 Å². The molecule has 0 aliphatic carbocycles. The summed E-state index contributed by atoms with van der Waals surface area (Å²) in [6, 6.07) is 5.25. The molecule has 1 aromatic carbocycles. The van der Waals surface area contributed by atoms with Crippen LogP contribution in [0.25, 0.3) is 0 Å². The monoisotopic (exact) mass is 418 g/mol. The highest BCUT2D eigenvalue weighted by Gasteiger charge is 2.36. The molecule has 0 radical (unpaired) electrons. The van der Waals surface area contributed by atoms with Gasteiger partial charge in [0.15, 0.2) is 0 Å². The van der Waals surface area contributed by atoms with Gasteiger partial charge in [-0.25, -0.2) is 0 Å². The molecule has 2 amide bonds. The zero-order valence-electron chi connectivity index (χ0n) is 17.1. The van der Waals surface area contributed by atoms with Crippen LogP contribution in [0.15, 0.2) is 18.2 Å². The van der Waals surface area contributed by atoms with Crippen molar-refractivity contribution in [2.45, 2.75) is 39.0 Å². The third-order valence-electron chi connectivity index (χ3n) is 4.99. The number of nitrogens with one attached hydrogen (secondary N) is 1. The van der Waals surface area contributed by atoms with E-state index >= 15 is 0 Å². The van der Waals surface area contributed by atoms with E-state index in [2.05, 4.69) is 29.4 Å². The molecule has 1 N–H and O–H groups in total. The summed E-state index contributed by atoms with van der Waals surface area (Å²) in [6.07, 6.45) is 2.23. The molecule has 156 valence electrons. The van der Waals surface area contributed by atoms with Crippen molar-refractivity contribution in [1.82, 2.24) is 10.2 Å². The molecule has 0 bridgehead atoms. The van der Waals surface area contributed by atoms with E-state index < -0.39 is 5.92 Å². The van der Waals surface area contributed by atoms with Crippen molar-refractivity contribution in [2.24, 2.45) is 5.92 Å². The Morgan fingerprint density at radius 2 is 2.14 bits per heavy atom. The summed E-state index contributed by atoms with van der Waals surface area (Å²) in [4.78, 5) is 26.8. The molecule has 2 aromatic rings. The number of amides is 2. The van der Waals surface area contributed by atoms with E-state index in [0.29, 0.717) is 28.2 Å². The highest BCUT2D eigenvalue weighted by atomic mass is 32.1. The van der Waals surface area contributed by atoms with E-state index in [4.69, 9.17) is 9.47 Å². The fourth-order valence-corrected chi connectivity index (χ4v) is 4.20. The van der Waals surface area contributed by atoms with E-state index in [1.165, 1.54) is 18.4 Å². The van der Waals surface area contributed by atoms with Crippen molar-refractivity contribution >= 4 is 34.0 Å². The number of aromatic nitrogens is 2. The van der Waals surface area contributed by atoms with E-state index in [-0.39, 0.29) is 24.8 Å². The van der Waals surface area contributed by atoms with Crippen LogP contribution < -0.4 is 19.7 Å². The van der Waals surface area contributed by atoms with Crippen LogP contribution >= 0.6 is 11.3 Å². The summed E-state index contributed by atoms with van der Waals surface area (Å²) in [6.45, 7) is 4.51. The lowest BCUT2D eigenvalue weighted by atomic mass is 10.1. The number of hydrogen-bond acceptors (Lipinski definition) is 7. The van der Waals surface area contributed by atoms with Gasteiger partial charge >= 0.3 is 0 Å². The summed E-state index contributed by atoms with van der Waals surface area (Å²) in [5.41, 5.74) is 0.625. The minimum Gasteiger partial charge on any atom is -0.497 e. The first-order valence-electron chi connectivity index (χ1n) is 9.63. The molecule has 3 rings (SSSR count). The zero-order valence-corrected chi connectivity index (χ0v) is 17.9. The van der Waals surface area contributed by atoms with E-state index in [9.17, 15) is 9.59 Å². The molecule has 0 saturated carbocycles. The average molecular weight is 419 g/mol. The van der Waals surface area contributed by atoms with Crippen LogP contribution in [0.2, 0.25) is 0 Å². The van der Waals surface area contributed by atoms with Crippen molar-refractivity contribution in [3.63, 3.8) is 0 Å². The first kappa shape index (κ1) is 21.0. The Hall–Kier alpha value is -2.68. The predicted octanol–water partition coefficient (Wildman–Crippen LogP) is 3.45. The van der Waals surface area contributed by atoms with Gasteiger partial charge in [0.1, 0.15) is 16.5 Å². The number of carbonyl (C=O) groups is 2. The second kappa shape index (κ2) is 9.21. The van der Waals surface area contributed by atoms with Gasteiger partial charge in [-0.1, -0.05) is 31.6 Å². The summed E-state index contributed by atoms with van der Waals surface area (Å²) < 4.78 is 10.6. The predicted molar refractivity (Wildman–Crippen MR) is 112 cm³/mol. The van der Waals surface area contributed by atoms with Gasteiger partial charge in [-0.05, 0) is 18.6 Å². The molecule has 0 unspecified atom stereocenters. The van der Waals surface area contributed by atoms with E-state index in [0.717, 1.165) is 17.8 Å². The van der Waals surface area contributed by atoms with Crippen molar-refractivity contribution < 1.29 is 19.1 Å². The Morgan fingerprint density at radius 3 is 2.83 bits per heavy atom. The molecule has 1 saturated heterocycles. The summed E-state index contributed by atoms with van der Waals surface area (Å²) >= 11 is 1.39. The Kier molecular flexibility index (Phi) is 6.68. The highest BCUT2D eigenvalue weighted by Crippen LogP contribution is 2.36. The Balaban J connectivity index is 1.68. The van der Waals surface area contributed by atoms with Crippen LogP contribution in [0, 0.1) is 5.92 Å². The van der Waals surface area contributed by atoms with Crippen molar-refractivity contribution in [3.05, 3.63) is 23.2 Å². The SMILES string of the molecule is CCC[C@H](C)c1nnc(NC(=O)[C@@H]2CC(=O)N(c3ccc(OC)cc3OC)C2)s1. The first-order valence-corrected chi connectivity index (χ1v) is 10.4. The number of nitrogens with zero attached hydrogens (tertiary/aromatic N) is 3. The third kappa shape index (κ3) is 4.67. The maximum absolute atomic E-state index is 12.7. The molecule has 1 aromatic heterocycles. The number of ether oxygens (including phenoxy) is 2. The van der Waals surface area contributed by atoms with Gasteiger partial charge in [0.25, 0.3) is 0 Å². The molecule has 9 heteroatoms. The maximum Gasteiger partial charge on any atom is 0.231 e. The Labute approximate surface area is 174 Å². The van der Waals surface area contributed by atoms with Crippen LogP contribution in [-0.4, -0.2) is 42.8 Å². The van der Waals surface area contributed by atoms with E-state index in [1.54, 1.807) is 30.2 Å². The molecule has 2 atom stereocenters. The molecule has 2 heterocycles. The van der Waals surface area contributed by atoms with Crippen molar-refractivity contribution in [1.29, 1.82) is 0 Å². The van der Waals surface area contributed by atoms with Crippen LogP contribution in [0.1, 0.15) is 44.0 Å². The molecule has 8 nitrogen and oxygen atoms in total. The van der Waals surface area contributed by atoms with Crippen molar-refractivity contribution in [3.8, 4) is 11.5 Å². The fraction of sp³-hybridized carbons (Fsp3) is 0.500. The number of hydrogen-bond donors (Lipinski definition) is 1. The lowest BCUT2D eigenvalue weighted by molar-refractivity contribution is -0.122. The normalized spacial score (nSPS) is 17.3. The summed E-state index contributed by atoms with van der Waals surface area (Å²) in [5, 5.41) is 12.5. The molecule has 29 heavy (non-hydrogen) atoms. The largest absolute Gasteiger partial charge is 0.497 e. The molecule has 1 fully saturated rings. The van der Waals surface area contributed by atoms with Gasteiger partial charge in [-0.2, -0.15) is 0 Å². The number of rotatable bonds is 8. The maximum atomic E-state index is 12.7. The summed E-state index contributed by atoms with van der Waals surface area (Å²) in [7, 11) is 3.10. The van der Waals surface area contributed by atoms with Gasteiger partial charge in [-0.15, -0.1) is 10.2 Å². The minimum absolute atomic E-state index is 0.122. The third-order valence-corrected chi connectivity index (χ3v) is 6.06. The van der Waals surface area contributed by atoms with Crippen LogP contribution in [0.4, 0.5) is 10.8 Å². The van der Waals surface area contributed by atoms with Gasteiger partial charge in [0.2, 0.25) is 16.9 Å². The minimum atomic E-state index is -0.463. The lowest BCUT2D eigenvalue weighted by Crippen LogP contribution is -2.28. The number of benzene rings is 1. The number of methoxy groups -OCH3 is 2. The van der Waals surface area contributed by atoms with Gasteiger partial charge in [-0.3, -0.25) is 9.59 Å². The Morgan fingerprint density at radius 1 is 1.34 bits per heavy atom. The molecule has 0 spiro atoms. The van der Waals surface area contributed by atoms with Gasteiger partial charge in [0, 0.05) is 24.9 Å². The second-order valence-electron chi connectivity index (χ2n) is 7.07. The smallest absolute Gasteiger partial charge is 0.231 e. The summed E-state index contributed by atoms with van der Waals surface area (Å²) in [5.74, 6) is 0.666. The van der Waals surface area contributed by atoms with Crippen LogP contribution in [0.3, 0.4) is 0 Å². The van der Waals surface area contributed by atoms with Gasteiger partial charge in [0.05, 0.1) is 25.8 Å². The Bertz CT molecular complexity index is 885. The zero-order chi connectivity index (χ0) is 21.0. The lowest BCUT2D eigenvalue weighted by Gasteiger charge is -2.20. The number of anilines is 2. The van der Waals surface area contributed by atoms with Crippen molar-refractivity contribution in [2.75, 3.05) is 31.0 Å². The second-order valence-corrected chi connectivity index (χ2v) is 8.08. The molecule has 1 aliphatic heterocycles. The standard InChI is InChI=1S/C20H26N4O4S/c1-5-6-12(2)19-22-23-20(29-19)21-18(26)13-9-17(25)24(11-13)15-8-7-14(27-3)10-16(15)28-4/h7-8,10,12-13H,5-6,9,11H2,1-4H3,(H,21,23,26)/t12-,13+/m0/s1. The highest BCUT2D eigenvalue weighted by molar-refractivity contribution is 7.15. The average Bonchev–Trinajstić information content (AvgIpc) is 3.34. The van der Waals surface area contributed by atoms with E-state index in [1.807, 2.05) is 0 Å².